The minimum atomic E-state index is -0.404. The Bertz CT molecular complexity index is 641. The molecule has 0 aliphatic rings. The number of Topliss-reactive ketones (excluding diaryl/α,β-unsaturated/α-hetero) is 1. The van der Waals surface area contributed by atoms with Crippen molar-refractivity contribution in [3.63, 3.8) is 0 Å². The first-order valence-corrected chi connectivity index (χ1v) is 7.50. The lowest BCUT2D eigenvalue weighted by atomic mass is 9.98. The highest BCUT2D eigenvalue weighted by Crippen LogP contribution is 2.09. The monoisotopic (exact) mass is 292 g/mol. The van der Waals surface area contributed by atoms with Gasteiger partial charge in [0.05, 0.1) is 17.7 Å². The molecular weight excluding hydrogens is 272 g/mol. The Morgan fingerprint density at radius 3 is 2.27 bits per heavy atom. The summed E-state index contributed by atoms with van der Waals surface area (Å²) in [4.78, 5) is 12.1. The van der Waals surface area contributed by atoms with Crippen molar-refractivity contribution < 1.29 is 4.79 Å². The maximum Gasteiger partial charge on any atom is 0.149 e. The van der Waals surface area contributed by atoms with Crippen LogP contribution in [0, 0.1) is 11.3 Å². The van der Waals surface area contributed by atoms with E-state index in [-0.39, 0.29) is 5.78 Å². The van der Waals surface area contributed by atoms with Gasteiger partial charge >= 0.3 is 0 Å². The Hall–Kier alpha value is -2.44. The number of rotatable bonds is 7. The van der Waals surface area contributed by atoms with Crippen LogP contribution in [0.2, 0.25) is 0 Å². The van der Waals surface area contributed by atoms with Crippen molar-refractivity contribution >= 4 is 5.78 Å². The van der Waals surface area contributed by atoms with Crippen LogP contribution in [0.1, 0.15) is 29.5 Å². The first-order valence-electron chi connectivity index (χ1n) is 7.50. The fraction of sp³-hybridized carbons (Fsp3) is 0.263. The number of carbonyl (C=O) groups is 1. The lowest BCUT2D eigenvalue weighted by Gasteiger charge is -2.10. The molecule has 2 aromatic rings. The summed E-state index contributed by atoms with van der Waals surface area (Å²) >= 11 is 0. The van der Waals surface area contributed by atoms with E-state index >= 15 is 0 Å². The van der Waals surface area contributed by atoms with E-state index in [1.54, 1.807) is 12.1 Å². The van der Waals surface area contributed by atoms with Gasteiger partial charge in [0.2, 0.25) is 0 Å². The van der Waals surface area contributed by atoms with Gasteiger partial charge in [-0.25, -0.2) is 0 Å². The second-order valence-corrected chi connectivity index (χ2v) is 5.41. The minimum Gasteiger partial charge on any atom is -0.321 e. The molecule has 0 radical (unpaired) electrons. The SMILES string of the molecule is N#Cc1ccc(CCC(=O)[C@@H](N)CCc2ccccc2)cc1. The van der Waals surface area contributed by atoms with Gasteiger partial charge in [-0.2, -0.15) is 5.26 Å². The van der Waals surface area contributed by atoms with Crippen LogP contribution in [-0.4, -0.2) is 11.8 Å². The second kappa shape index (κ2) is 8.11. The number of ketones is 1. The summed E-state index contributed by atoms with van der Waals surface area (Å²) in [5, 5.41) is 8.75. The van der Waals surface area contributed by atoms with Gasteiger partial charge in [-0.3, -0.25) is 4.79 Å². The van der Waals surface area contributed by atoms with Gasteiger partial charge in [-0.15, -0.1) is 0 Å². The Balaban J connectivity index is 1.77. The molecule has 0 unspecified atom stereocenters. The van der Waals surface area contributed by atoms with Gasteiger partial charge in [0.25, 0.3) is 0 Å². The quantitative estimate of drug-likeness (QED) is 0.853. The molecule has 2 N–H and O–H groups in total. The molecule has 0 amide bonds. The van der Waals surface area contributed by atoms with Crippen molar-refractivity contribution in [2.45, 2.75) is 31.7 Å². The van der Waals surface area contributed by atoms with E-state index in [0.717, 1.165) is 12.0 Å². The largest absolute Gasteiger partial charge is 0.321 e. The molecule has 3 heteroatoms. The molecule has 0 heterocycles. The summed E-state index contributed by atoms with van der Waals surface area (Å²) in [6.07, 6.45) is 2.62. The standard InChI is InChI=1S/C19H20N2O/c20-14-17-8-6-16(7-9-17)11-13-19(22)18(21)12-10-15-4-2-1-3-5-15/h1-9,18H,10-13,21H2/t18-/m0/s1. The van der Waals surface area contributed by atoms with Crippen molar-refractivity contribution in [1.29, 1.82) is 5.26 Å². The van der Waals surface area contributed by atoms with Gasteiger partial charge in [0.15, 0.2) is 0 Å². The van der Waals surface area contributed by atoms with Crippen LogP contribution in [0.3, 0.4) is 0 Å². The van der Waals surface area contributed by atoms with Crippen LogP contribution in [0.4, 0.5) is 0 Å². The number of hydrogen-bond donors (Lipinski definition) is 1. The van der Waals surface area contributed by atoms with Crippen LogP contribution >= 0.6 is 0 Å². The zero-order valence-corrected chi connectivity index (χ0v) is 12.5. The van der Waals surface area contributed by atoms with Gasteiger partial charge in [-0.05, 0) is 42.5 Å². The van der Waals surface area contributed by atoms with Crippen molar-refractivity contribution in [2.75, 3.05) is 0 Å². The molecule has 0 bridgehead atoms. The highest BCUT2D eigenvalue weighted by Gasteiger charge is 2.13. The van der Waals surface area contributed by atoms with E-state index in [9.17, 15) is 4.79 Å². The first kappa shape index (κ1) is 15.9. The average Bonchev–Trinajstić information content (AvgIpc) is 2.58. The van der Waals surface area contributed by atoms with E-state index in [1.807, 2.05) is 42.5 Å². The van der Waals surface area contributed by atoms with Crippen LogP contribution in [0.5, 0.6) is 0 Å². The topological polar surface area (TPSA) is 66.9 Å². The molecule has 0 aliphatic heterocycles. The Kier molecular flexibility index (Phi) is 5.88. The third kappa shape index (κ3) is 4.83. The predicted octanol–water partition coefficient (Wildman–Crippen LogP) is 3.02. The molecule has 2 aromatic carbocycles. The van der Waals surface area contributed by atoms with Gasteiger partial charge < -0.3 is 5.73 Å². The molecule has 0 aliphatic carbocycles. The van der Waals surface area contributed by atoms with Crippen molar-refractivity contribution in [3.05, 3.63) is 71.3 Å². The highest BCUT2D eigenvalue weighted by molar-refractivity contribution is 5.83. The summed E-state index contributed by atoms with van der Waals surface area (Å²) in [7, 11) is 0. The van der Waals surface area contributed by atoms with Crippen LogP contribution in [0.25, 0.3) is 0 Å². The van der Waals surface area contributed by atoms with Crippen molar-refractivity contribution in [1.82, 2.24) is 0 Å². The number of hydrogen-bond acceptors (Lipinski definition) is 3. The fourth-order valence-electron chi connectivity index (χ4n) is 2.33. The van der Waals surface area contributed by atoms with Crippen molar-refractivity contribution in [2.24, 2.45) is 5.73 Å². The van der Waals surface area contributed by atoms with Crippen LogP contribution in [-0.2, 0) is 17.6 Å². The molecule has 0 fully saturated rings. The molecule has 0 spiro atoms. The summed E-state index contributed by atoms with van der Waals surface area (Å²) in [6, 6.07) is 19.1. The third-order valence-electron chi connectivity index (χ3n) is 3.74. The second-order valence-electron chi connectivity index (χ2n) is 5.41. The number of benzene rings is 2. The molecule has 112 valence electrons. The number of nitrogens with two attached hydrogens (primary N) is 1. The van der Waals surface area contributed by atoms with E-state index in [4.69, 9.17) is 11.0 Å². The van der Waals surface area contributed by atoms with E-state index in [2.05, 4.69) is 6.07 Å². The van der Waals surface area contributed by atoms with E-state index in [0.29, 0.717) is 24.8 Å². The molecule has 3 nitrogen and oxygen atoms in total. The van der Waals surface area contributed by atoms with Crippen LogP contribution < -0.4 is 5.73 Å². The molecular formula is C19H20N2O. The number of nitriles is 1. The van der Waals surface area contributed by atoms with E-state index in [1.165, 1.54) is 5.56 Å². The average molecular weight is 292 g/mol. The summed E-state index contributed by atoms with van der Waals surface area (Å²) in [5.74, 6) is 0.0975. The van der Waals surface area contributed by atoms with Gasteiger partial charge in [0, 0.05) is 6.42 Å². The summed E-state index contributed by atoms with van der Waals surface area (Å²) < 4.78 is 0. The van der Waals surface area contributed by atoms with Crippen LogP contribution in [0.15, 0.2) is 54.6 Å². The number of carbonyl (C=O) groups excluding carboxylic acids is 1. The van der Waals surface area contributed by atoms with Gasteiger partial charge in [0.1, 0.15) is 5.78 Å². The lowest BCUT2D eigenvalue weighted by molar-refractivity contribution is -0.120. The molecule has 22 heavy (non-hydrogen) atoms. The maximum absolute atomic E-state index is 12.1. The first-order chi connectivity index (χ1) is 10.7. The third-order valence-corrected chi connectivity index (χ3v) is 3.74. The number of aryl methyl sites for hydroxylation is 2. The normalized spacial score (nSPS) is 11.6. The Morgan fingerprint density at radius 2 is 1.64 bits per heavy atom. The fourth-order valence-corrected chi connectivity index (χ4v) is 2.33. The summed E-state index contributed by atoms with van der Waals surface area (Å²) in [6.45, 7) is 0. The predicted molar refractivity (Wildman–Crippen MR) is 87.2 cm³/mol. The molecule has 0 saturated carbocycles. The molecule has 1 atom stereocenters. The zero-order chi connectivity index (χ0) is 15.8. The molecule has 2 rings (SSSR count). The minimum absolute atomic E-state index is 0.0975. The smallest absolute Gasteiger partial charge is 0.149 e. The van der Waals surface area contributed by atoms with Crippen molar-refractivity contribution in [3.8, 4) is 6.07 Å². The lowest BCUT2D eigenvalue weighted by Crippen LogP contribution is -2.31. The summed E-state index contributed by atoms with van der Waals surface area (Å²) in [5.41, 5.74) is 8.88. The Labute approximate surface area is 131 Å². The number of nitrogens with zero attached hydrogens (tertiary/aromatic N) is 1. The maximum atomic E-state index is 12.1. The van der Waals surface area contributed by atoms with Gasteiger partial charge in [-0.1, -0.05) is 42.5 Å². The molecule has 0 aromatic heterocycles. The highest BCUT2D eigenvalue weighted by atomic mass is 16.1. The molecule has 0 saturated heterocycles. The van der Waals surface area contributed by atoms with E-state index < -0.39 is 6.04 Å². The Morgan fingerprint density at radius 1 is 1.00 bits per heavy atom. The zero-order valence-electron chi connectivity index (χ0n) is 12.5.